The highest BCUT2D eigenvalue weighted by Crippen LogP contribution is 2.43. The number of rotatable bonds is 13. The molecule has 1 N–H and O–H groups in total. The molecule has 0 saturated heterocycles. The van der Waals surface area contributed by atoms with Crippen LogP contribution in [-0.2, 0) is 18.3 Å². The van der Waals surface area contributed by atoms with Crippen LogP contribution < -0.4 is 5.32 Å². The van der Waals surface area contributed by atoms with Gasteiger partial charge in [0.05, 0.1) is 0 Å². The second-order valence-corrected chi connectivity index (χ2v) is 11.7. The summed E-state index contributed by atoms with van der Waals surface area (Å²) in [5.74, 6) is 0.519. The van der Waals surface area contributed by atoms with Crippen LogP contribution in [0.3, 0.4) is 0 Å². The average Bonchev–Trinajstić information content (AvgIpc) is 3.18. The molecular formula is C42H61N. The van der Waals surface area contributed by atoms with Gasteiger partial charge in [-0.1, -0.05) is 135 Å². The van der Waals surface area contributed by atoms with Gasteiger partial charge in [0.1, 0.15) is 0 Å². The van der Waals surface area contributed by atoms with Crippen LogP contribution in [0, 0.1) is 5.92 Å². The molecule has 0 spiro atoms. The van der Waals surface area contributed by atoms with Crippen molar-refractivity contribution in [1.82, 2.24) is 5.32 Å². The highest BCUT2D eigenvalue weighted by Gasteiger charge is 2.33. The molecule has 234 valence electrons. The van der Waals surface area contributed by atoms with Gasteiger partial charge < -0.3 is 5.32 Å². The molecule has 0 saturated carbocycles. The van der Waals surface area contributed by atoms with E-state index >= 15 is 0 Å². The molecule has 2 unspecified atom stereocenters. The molecule has 1 heteroatoms. The van der Waals surface area contributed by atoms with Gasteiger partial charge in [-0.05, 0) is 109 Å². The van der Waals surface area contributed by atoms with Gasteiger partial charge in [-0.25, -0.2) is 0 Å². The van der Waals surface area contributed by atoms with E-state index in [4.69, 9.17) is 0 Å². The molecule has 0 aromatic heterocycles. The fraction of sp³-hybridized carbons (Fsp3) is 0.429. The van der Waals surface area contributed by atoms with Crippen molar-refractivity contribution in [3.8, 4) is 0 Å². The quantitative estimate of drug-likeness (QED) is 0.181. The Morgan fingerprint density at radius 2 is 1.67 bits per heavy atom. The average molecular weight is 580 g/mol. The van der Waals surface area contributed by atoms with E-state index < -0.39 is 0 Å². The minimum Gasteiger partial charge on any atom is -0.381 e. The van der Waals surface area contributed by atoms with Crippen LogP contribution in [0.4, 0.5) is 0 Å². The number of aryl methyl sites for hydroxylation is 1. The van der Waals surface area contributed by atoms with Crippen molar-refractivity contribution in [2.45, 2.75) is 107 Å². The lowest BCUT2D eigenvalue weighted by molar-refractivity contribution is 0.608. The first kappa shape index (κ1) is 37.7. The Labute approximate surface area is 266 Å². The molecule has 0 fully saturated rings. The number of hydrogen-bond donors (Lipinski definition) is 1. The van der Waals surface area contributed by atoms with Crippen molar-refractivity contribution in [2.75, 3.05) is 6.54 Å². The van der Waals surface area contributed by atoms with Gasteiger partial charge in [0.25, 0.3) is 0 Å². The van der Waals surface area contributed by atoms with Crippen molar-refractivity contribution < 1.29 is 0 Å². The molecule has 1 aromatic carbocycles. The Hall–Kier alpha value is -3.32. The Morgan fingerprint density at radius 1 is 0.953 bits per heavy atom. The third-order valence-corrected chi connectivity index (χ3v) is 8.42. The first-order chi connectivity index (χ1) is 20.6. The van der Waals surface area contributed by atoms with Crippen LogP contribution in [0.2, 0.25) is 0 Å². The normalized spacial score (nSPS) is 17.9. The molecule has 0 heterocycles. The molecule has 1 aromatic rings. The summed E-state index contributed by atoms with van der Waals surface area (Å²) < 4.78 is 0. The molecule has 2 atom stereocenters. The zero-order valence-electron chi connectivity index (χ0n) is 29.4. The van der Waals surface area contributed by atoms with Crippen molar-refractivity contribution in [1.29, 1.82) is 0 Å². The highest BCUT2D eigenvalue weighted by atomic mass is 14.9. The molecule has 1 aliphatic rings. The van der Waals surface area contributed by atoms with Crippen LogP contribution in [-0.4, -0.2) is 6.54 Å². The molecule has 43 heavy (non-hydrogen) atoms. The monoisotopic (exact) mass is 579 g/mol. The van der Waals surface area contributed by atoms with E-state index in [1.807, 2.05) is 0 Å². The molecule has 0 aliphatic heterocycles. The first-order valence-electron chi connectivity index (χ1n) is 16.4. The maximum Gasteiger partial charge on any atom is 0.0369 e. The molecule has 2 rings (SSSR count). The van der Waals surface area contributed by atoms with Crippen molar-refractivity contribution in [2.24, 2.45) is 5.92 Å². The molecule has 0 radical (unpaired) electrons. The van der Waals surface area contributed by atoms with E-state index in [9.17, 15) is 0 Å². The summed E-state index contributed by atoms with van der Waals surface area (Å²) in [4.78, 5) is 0. The number of allylic oxidation sites excluding steroid dienone is 16. The van der Waals surface area contributed by atoms with Gasteiger partial charge >= 0.3 is 0 Å². The smallest absolute Gasteiger partial charge is 0.0369 e. The van der Waals surface area contributed by atoms with Gasteiger partial charge in [0, 0.05) is 17.7 Å². The van der Waals surface area contributed by atoms with Crippen molar-refractivity contribution >= 4 is 0 Å². The van der Waals surface area contributed by atoms with E-state index in [1.54, 1.807) is 0 Å². The SMILES string of the molecule is C/C=C(C)\C=C/CNC1=C(C)C=CC(C)C=C1.C/C=C\C=C(/C)C(C)(/C(=C/C)CCC)c1cc(CC)ccc1C/C=C\C. The van der Waals surface area contributed by atoms with E-state index in [0.29, 0.717) is 5.92 Å². The van der Waals surface area contributed by atoms with Crippen molar-refractivity contribution in [3.63, 3.8) is 0 Å². The maximum absolute atomic E-state index is 3.44. The summed E-state index contributed by atoms with van der Waals surface area (Å²) in [6, 6.07) is 7.09. The Morgan fingerprint density at radius 3 is 2.28 bits per heavy atom. The van der Waals surface area contributed by atoms with Crippen LogP contribution in [0.1, 0.15) is 106 Å². The van der Waals surface area contributed by atoms with Crippen LogP contribution in [0.5, 0.6) is 0 Å². The fourth-order valence-electron chi connectivity index (χ4n) is 5.27. The third-order valence-electron chi connectivity index (χ3n) is 8.42. The second kappa shape index (κ2) is 20.6. The molecule has 0 amide bonds. The highest BCUT2D eigenvalue weighted by molar-refractivity contribution is 5.51. The van der Waals surface area contributed by atoms with Gasteiger partial charge in [-0.15, -0.1) is 0 Å². The van der Waals surface area contributed by atoms with Crippen LogP contribution in [0.25, 0.3) is 0 Å². The number of hydrogen-bond acceptors (Lipinski definition) is 1. The lowest BCUT2D eigenvalue weighted by Crippen LogP contribution is -2.28. The standard InChI is InChI=1S/C26H38.C16H23N/c1-8-13-16-21(6)26(7,24(12-5)15-10-3)25-20-22(11-4)18-19-23(25)17-14-9-2;1-5-13(2)7-6-12-17-16-11-9-14(3)8-10-15(16)4/h8-9,12-14,16,18-20H,10-11,15,17H2,1-7H3;5-11,14,17H,12H2,1-4H3/b13-8-,14-9-,21-16+,24-12+;7-6-,13-5-. The Bertz CT molecular complexity index is 1260. The molecule has 1 nitrogen and oxygen atoms in total. The summed E-state index contributed by atoms with van der Waals surface area (Å²) in [5, 5.41) is 3.44. The van der Waals surface area contributed by atoms with E-state index in [2.05, 4.69) is 179 Å². The third kappa shape index (κ3) is 12.1. The van der Waals surface area contributed by atoms with Gasteiger partial charge in [-0.2, -0.15) is 0 Å². The lowest BCUT2D eigenvalue weighted by atomic mass is 9.67. The van der Waals surface area contributed by atoms with Crippen LogP contribution in [0.15, 0.2) is 125 Å². The lowest BCUT2D eigenvalue weighted by Gasteiger charge is -2.37. The van der Waals surface area contributed by atoms with E-state index in [0.717, 1.165) is 25.8 Å². The van der Waals surface area contributed by atoms with Gasteiger partial charge in [0.2, 0.25) is 0 Å². The number of nitrogens with one attached hydrogen (secondary N) is 1. The summed E-state index contributed by atoms with van der Waals surface area (Å²) in [6.45, 7) is 25.0. The topological polar surface area (TPSA) is 12.0 Å². The van der Waals surface area contributed by atoms with Crippen LogP contribution >= 0.6 is 0 Å². The minimum absolute atomic E-state index is 0.0631. The minimum atomic E-state index is -0.0631. The largest absolute Gasteiger partial charge is 0.381 e. The zero-order valence-corrected chi connectivity index (χ0v) is 29.4. The Balaban J connectivity index is 0.000000469. The summed E-state index contributed by atoms with van der Waals surface area (Å²) in [7, 11) is 0. The summed E-state index contributed by atoms with van der Waals surface area (Å²) in [5.41, 5.74) is 11.0. The first-order valence-corrected chi connectivity index (χ1v) is 16.4. The molecule has 0 bridgehead atoms. The zero-order chi connectivity index (χ0) is 32.3. The van der Waals surface area contributed by atoms with E-state index in [-0.39, 0.29) is 5.41 Å². The maximum atomic E-state index is 3.44. The Kier molecular flexibility index (Phi) is 18.0. The molecule has 1 aliphatic carbocycles. The fourth-order valence-corrected chi connectivity index (χ4v) is 5.27. The van der Waals surface area contributed by atoms with Gasteiger partial charge in [0.15, 0.2) is 0 Å². The predicted octanol–water partition coefficient (Wildman–Crippen LogP) is 12.0. The van der Waals surface area contributed by atoms with Crippen molar-refractivity contribution in [3.05, 3.63) is 142 Å². The number of benzene rings is 1. The van der Waals surface area contributed by atoms with E-state index in [1.165, 1.54) is 51.1 Å². The predicted molar refractivity (Wildman–Crippen MR) is 196 cm³/mol. The summed E-state index contributed by atoms with van der Waals surface area (Å²) >= 11 is 0. The molecular weight excluding hydrogens is 518 g/mol. The second-order valence-electron chi connectivity index (χ2n) is 11.7. The van der Waals surface area contributed by atoms with Gasteiger partial charge in [-0.3, -0.25) is 0 Å². The summed E-state index contributed by atoms with van der Waals surface area (Å²) in [6.07, 6.45) is 32.9.